The number of hydrogen-bond donors (Lipinski definition) is 2. The minimum absolute atomic E-state index is 0.00235. The number of nitrogens with zero attached hydrogens (tertiary/aromatic N) is 1. The predicted octanol–water partition coefficient (Wildman–Crippen LogP) is 1.84. The molecule has 1 unspecified atom stereocenters. The lowest BCUT2D eigenvalue weighted by Crippen LogP contribution is -2.44. The van der Waals surface area contributed by atoms with E-state index in [1.54, 1.807) is 24.3 Å². The van der Waals surface area contributed by atoms with Crippen molar-refractivity contribution in [1.29, 1.82) is 0 Å². The SMILES string of the molecule is CC1CCCCN1S(=O)(=O)Nc1ccc(CC(=O)O)cc1. The standard InChI is InChI=1S/C14H20N2O4S/c1-11-4-2-3-9-16(11)21(19,20)15-13-7-5-12(6-8-13)10-14(17)18/h5-8,11,15H,2-4,9-10H2,1H3,(H,17,18). The first-order valence-corrected chi connectivity index (χ1v) is 8.43. The second-order valence-electron chi connectivity index (χ2n) is 5.33. The molecular weight excluding hydrogens is 292 g/mol. The molecule has 1 aliphatic heterocycles. The Hall–Kier alpha value is -1.60. The van der Waals surface area contributed by atoms with Gasteiger partial charge in [-0.3, -0.25) is 9.52 Å². The highest BCUT2D eigenvalue weighted by atomic mass is 32.2. The highest BCUT2D eigenvalue weighted by Crippen LogP contribution is 2.21. The van der Waals surface area contributed by atoms with Crippen molar-refractivity contribution in [2.75, 3.05) is 11.3 Å². The van der Waals surface area contributed by atoms with Crippen LogP contribution in [0.2, 0.25) is 0 Å². The van der Waals surface area contributed by atoms with Gasteiger partial charge in [-0.1, -0.05) is 18.6 Å². The molecule has 2 rings (SSSR count). The topological polar surface area (TPSA) is 86.7 Å². The number of benzene rings is 1. The number of anilines is 1. The normalized spacial score (nSPS) is 20.1. The van der Waals surface area contributed by atoms with Crippen LogP contribution in [0.3, 0.4) is 0 Å². The van der Waals surface area contributed by atoms with Gasteiger partial charge in [0.25, 0.3) is 0 Å². The van der Waals surface area contributed by atoms with Gasteiger partial charge in [-0.2, -0.15) is 12.7 Å². The van der Waals surface area contributed by atoms with Crippen LogP contribution in [0.4, 0.5) is 5.69 Å². The fourth-order valence-corrected chi connectivity index (χ4v) is 4.00. The number of piperidine rings is 1. The molecule has 1 heterocycles. The Balaban J connectivity index is 2.07. The second-order valence-corrected chi connectivity index (χ2v) is 6.95. The molecule has 0 saturated carbocycles. The zero-order valence-corrected chi connectivity index (χ0v) is 12.8. The predicted molar refractivity (Wildman–Crippen MR) is 80.3 cm³/mol. The molecule has 21 heavy (non-hydrogen) atoms. The van der Waals surface area contributed by atoms with E-state index in [1.807, 2.05) is 6.92 Å². The first-order valence-electron chi connectivity index (χ1n) is 6.99. The summed E-state index contributed by atoms with van der Waals surface area (Å²) in [4.78, 5) is 10.6. The molecule has 0 spiro atoms. The highest BCUT2D eigenvalue weighted by Gasteiger charge is 2.29. The lowest BCUT2D eigenvalue weighted by Gasteiger charge is -2.32. The van der Waals surface area contributed by atoms with Gasteiger partial charge in [0.1, 0.15) is 0 Å². The average molecular weight is 312 g/mol. The van der Waals surface area contributed by atoms with E-state index in [9.17, 15) is 13.2 Å². The molecule has 1 saturated heterocycles. The van der Waals surface area contributed by atoms with E-state index in [4.69, 9.17) is 5.11 Å². The Morgan fingerprint density at radius 2 is 2.00 bits per heavy atom. The molecule has 6 nitrogen and oxygen atoms in total. The number of nitrogens with one attached hydrogen (secondary N) is 1. The number of rotatable bonds is 5. The Morgan fingerprint density at radius 1 is 1.33 bits per heavy atom. The fraction of sp³-hybridized carbons (Fsp3) is 0.500. The smallest absolute Gasteiger partial charge is 0.307 e. The number of carboxylic acid groups (broad SMARTS) is 1. The van der Waals surface area contributed by atoms with Gasteiger partial charge in [0.2, 0.25) is 0 Å². The monoisotopic (exact) mass is 312 g/mol. The van der Waals surface area contributed by atoms with Gasteiger partial charge in [-0.25, -0.2) is 0 Å². The third-order valence-electron chi connectivity index (χ3n) is 3.61. The summed E-state index contributed by atoms with van der Waals surface area (Å²) in [6, 6.07) is 6.41. The summed E-state index contributed by atoms with van der Waals surface area (Å²) in [5.74, 6) is -0.912. The third kappa shape index (κ3) is 4.18. The zero-order valence-electron chi connectivity index (χ0n) is 11.9. The largest absolute Gasteiger partial charge is 0.481 e. The summed E-state index contributed by atoms with van der Waals surface area (Å²) in [5.41, 5.74) is 1.08. The maximum absolute atomic E-state index is 12.3. The Labute approximate surface area is 125 Å². The van der Waals surface area contributed by atoms with Crippen molar-refractivity contribution in [3.05, 3.63) is 29.8 Å². The van der Waals surface area contributed by atoms with Crippen molar-refractivity contribution in [1.82, 2.24) is 4.31 Å². The molecule has 2 N–H and O–H groups in total. The van der Waals surface area contributed by atoms with Gasteiger partial charge in [-0.15, -0.1) is 0 Å². The summed E-state index contributed by atoms with van der Waals surface area (Å²) in [7, 11) is -3.55. The van der Waals surface area contributed by atoms with Gasteiger partial charge in [-0.05, 0) is 37.5 Å². The van der Waals surface area contributed by atoms with E-state index in [2.05, 4.69) is 4.72 Å². The molecule has 0 aromatic heterocycles. The Morgan fingerprint density at radius 3 is 2.57 bits per heavy atom. The summed E-state index contributed by atoms with van der Waals surface area (Å²) >= 11 is 0. The lowest BCUT2D eigenvalue weighted by atomic mass is 10.1. The van der Waals surface area contributed by atoms with Gasteiger partial charge in [0.05, 0.1) is 6.42 Å². The van der Waals surface area contributed by atoms with Crippen molar-refractivity contribution >= 4 is 21.9 Å². The molecule has 1 atom stereocenters. The van der Waals surface area contributed by atoms with Crippen LogP contribution < -0.4 is 4.72 Å². The van der Waals surface area contributed by atoms with Crippen LogP contribution >= 0.6 is 0 Å². The van der Waals surface area contributed by atoms with Gasteiger partial charge in [0, 0.05) is 18.3 Å². The van der Waals surface area contributed by atoms with Crippen LogP contribution in [0.25, 0.3) is 0 Å². The van der Waals surface area contributed by atoms with Crippen molar-refractivity contribution in [3.63, 3.8) is 0 Å². The summed E-state index contributed by atoms with van der Waals surface area (Å²) in [5, 5.41) is 8.70. The maximum Gasteiger partial charge on any atom is 0.307 e. The zero-order chi connectivity index (χ0) is 15.5. The first-order chi connectivity index (χ1) is 9.88. The minimum Gasteiger partial charge on any atom is -0.481 e. The van der Waals surface area contributed by atoms with Crippen LogP contribution in [-0.4, -0.2) is 36.4 Å². The van der Waals surface area contributed by atoms with Gasteiger partial charge in [0.15, 0.2) is 0 Å². The van der Waals surface area contributed by atoms with E-state index in [-0.39, 0.29) is 12.5 Å². The Kier molecular flexibility index (Phi) is 4.84. The summed E-state index contributed by atoms with van der Waals surface area (Å²) in [6.45, 7) is 2.45. The molecule has 0 amide bonds. The van der Waals surface area contributed by atoms with Crippen molar-refractivity contribution < 1.29 is 18.3 Å². The van der Waals surface area contributed by atoms with E-state index in [0.29, 0.717) is 17.8 Å². The lowest BCUT2D eigenvalue weighted by molar-refractivity contribution is -0.136. The third-order valence-corrected chi connectivity index (χ3v) is 5.26. The van der Waals surface area contributed by atoms with Crippen LogP contribution in [0.15, 0.2) is 24.3 Å². The van der Waals surface area contributed by atoms with Gasteiger partial charge < -0.3 is 5.11 Å². The molecule has 1 fully saturated rings. The van der Waals surface area contributed by atoms with E-state index in [0.717, 1.165) is 19.3 Å². The highest BCUT2D eigenvalue weighted by molar-refractivity contribution is 7.90. The van der Waals surface area contributed by atoms with Crippen LogP contribution in [0.1, 0.15) is 31.7 Å². The number of hydrogen-bond acceptors (Lipinski definition) is 3. The van der Waals surface area contributed by atoms with Crippen molar-refractivity contribution in [2.45, 2.75) is 38.6 Å². The molecule has 0 aliphatic carbocycles. The average Bonchev–Trinajstić information content (AvgIpc) is 2.40. The maximum atomic E-state index is 12.3. The molecule has 0 bridgehead atoms. The summed E-state index contributed by atoms with van der Waals surface area (Å²) in [6.07, 6.45) is 2.73. The van der Waals surface area contributed by atoms with Crippen molar-refractivity contribution in [3.8, 4) is 0 Å². The van der Waals surface area contributed by atoms with E-state index >= 15 is 0 Å². The molecule has 1 aliphatic rings. The fourth-order valence-electron chi connectivity index (χ4n) is 2.50. The van der Waals surface area contributed by atoms with Crippen LogP contribution in [0.5, 0.6) is 0 Å². The molecule has 7 heteroatoms. The number of aliphatic carboxylic acids is 1. The van der Waals surface area contributed by atoms with Gasteiger partial charge >= 0.3 is 16.2 Å². The van der Waals surface area contributed by atoms with E-state index in [1.165, 1.54) is 4.31 Å². The van der Waals surface area contributed by atoms with Crippen LogP contribution in [-0.2, 0) is 21.4 Å². The number of carbonyl (C=O) groups is 1. The van der Waals surface area contributed by atoms with Crippen LogP contribution in [0, 0.1) is 0 Å². The quantitative estimate of drug-likeness (QED) is 0.868. The molecular formula is C14H20N2O4S. The van der Waals surface area contributed by atoms with Crippen molar-refractivity contribution in [2.24, 2.45) is 0 Å². The molecule has 1 aromatic carbocycles. The minimum atomic E-state index is -3.55. The Bertz CT molecular complexity index is 598. The molecule has 116 valence electrons. The molecule has 1 aromatic rings. The number of carboxylic acids is 1. The summed E-state index contributed by atoms with van der Waals surface area (Å²) < 4.78 is 28.7. The van der Waals surface area contributed by atoms with E-state index < -0.39 is 16.2 Å². The first kappa shape index (κ1) is 15.8. The second kappa shape index (κ2) is 6.44. The molecule has 0 radical (unpaired) electrons.